The maximum absolute atomic E-state index is 11.9. The van der Waals surface area contributed by atoms with Gasteiger partial charge in [0.15, 0.2) is 0 Å². The number of fused-ring (bicyclic) bond motifs is 1. The van der Waals surface area contributed by atoms with Gasteiger partial charge in [-0.1, -0.05) is 0 Å². The summed E-state index contributed by atoms with van der Waals surface area (Å²) in [5.41, 5.74) is 1.01. The maximum atomic E-state index is 11.9. The normalized spacial score (nSPS) is 19.8. The third-order valence-corrected chi connectivity index (χ3v) is 4.82. The topological polar surface area (TPSA) is 93.4 Å². The number of carbonyl (C=O) groups is 2. The zero-order valence-corrected chi connectivity index (χ0v) is 12.2. The Kier molecular flexibility index (Phi) is 3.26. The van der Waals surface area contributed by atoms with Crippen molar-refractivity contribution in [3.63, 3.8) is 0 Å². The highest BCUT2D eigenvalue weighted by atomic mass is 35.7. The molecule has 2 amide bonds. The van der Waals surface area contributed by atoms with Crippen LogP contribution in [0.2, 0.25) is 0 Å². The summed E-state index contributed by atoms with van der Waals surface area (Å²) in [5.74, 6) is -1.27. The zero-order valence-electron chi connectivity index (χ0n) is 10.6. The van der Waals surface area contributed by atoms with E-state index < -0.39 is 20.9 Å². The van der Waals surface area contributed by atoms with Crippen LogP contribution in [-0.2, 0) is 18.6 Å². The van der Waals surface area contributed by atoms with E-state index in [1.807, 2.05) is 0 Å². The van der Waals surface area contributed by atoms with Crippen LogP contribution in [-0.4, -0.2) is 20.2 Å². The minimum atomic E-state index is -3.87. The highest BCUT2D eigenvalue weighted by Crippen LogP contribution is 2.34. The summed E-state index contributed by atoms with van der Waals surface area (Å²) in [5, 5.41) is 2.77. The van der Waals surface area contributed by atoms with Crippen molar-refractivity contribution in [1.29, 1.82) is 0 Å². The fraction of sp³-hybridized carbons (Fsp3) is 0.231. The fourth-order valence-corrected chi connectivity index (χ4v) is 3.22. The zero-order chi connectivity index (χ0) is 15.2. The monoisotopic (exact) mass is 327 g/mol. The SMILES string of the molecule is O=C1CCC(c2coc3ccc(S(=O)(=O)Cl)cc23)C(=O)N1. The molecule has 1 aromatic heterocycles. The first-order chi connectivity index (χ1) is 9.86. The summed E-state index contributed by atoms with van der Waals surface area (Å²) in [6.07, 6.45) is 2.00. The second-order valence-corrected chi connectivity index (χ2v) is 7.36. The number of amides is 2. The number of hydrogen-bond acceptors (Lipinski definition) is 5. The van der Waals surface area contributed by atoms with Crippen LogP contribution >= 0.6 is 10.7 Å². The molecule has 110 valence electrons. The third-order valence-electron chi connectivity index (χ3n) is 3.47. The number of carbonyl (C=O) groups excluding carboxylic acids is 2. The van der Waals surface area contributed by atoms with Crippen LogP contribution in [0, 0.1) is 0 Å². The first kappa shape index (κ1) is 14.1. The van der Waals surface area contributed by atoms with Crippen molar-refractivity contribution in [1.82, 2.24) is 5.32 Å². The lowest BCUT2D eigenvalue weighted by atomic mass is 9.90. The standard InChI is InChI=1S/C13H10ClNO5S/c14-21(18,19)7-1-3-11-9(5-7)10(6-20-11)8-2-4-12(16)15-13(8)17/h1,3,5-6,8H,2,4H2,(H,15,16,17). The first-order valence-electron chi connectivity index (χ1n) is 6.16. The second kappa shape index (κ2) is 4.85. The Hall–Kier alpha value is -1.86. The van der Waals surface area contributed by atoms with Crippen molar-refractivity contribution in [3.8, 4) is 0 Å². The van der Waals surface area contributed by atoms with E-state index in [-0.39, 0.29) is 17.2 Å². The molecule has 0 radical (unpaired) electrons. The number of furan rings is 1. The first-order valence-corrected chi connectivity index (χ1v) is 8.47. The van der Waals surface area contributed by atoms with Crippen molar-refractivity contribution in [3.05, 3.63) is 30.0 Å². The average Bonchev–Trinajstić information content (AvgIpc) is 2.80. The van der Waals surface area contributed by atoms with E-state index in [0.717, 1.165) is 0 Å². The van der Waals surface area contributed by atoms with Crippen LogP contribution < -0.4 is 5.32 Å². The Morgan fingerprint density at radius 2 is 2.05 bits per heavy atom. The molecule has 6 nitrogen and oxygen atoms in total. The molecule has 2 heterocycles. The summed E-state index contributed by atoms with van der Waals surface area (Å²) in [4.78, 5) is 23.0. The molecule has 1 aliphatic rings. The highest BCUT2D eigenvalue weighted by Gasteiger charge is 2.30. The lowest BCUT2D eigenvalue weighted by Crippen LogP contribution is -2.39. The Bertz CT molecular complexity index is 855. The van der Waals surface area contributed by atoms with E-state index in [1.54, 1.807) is 0 Å². The largest absolute Gasteiger partial charge is 0.464 e. The number of rotatable bonds is 2. The summed E-state index contributed by atoms with van der Waals surface area (Å²) in [6, 6.07) is 4.20. The smallest absolute Gasteiger partial charge is 0.261 e. The molecule has 1 fully saturated rings. The lowest BCUT2D eigenvalue weighted by Gasteiger charge is -2.19. The van der Waals surface area contributed by atoms with E-state index in [1.165, 1.54) is 24.5 Å². The van der Waals surface area contributed by atoms with Crippen molar-refractivity contribution >= 4 is 42.5 Å². The Morgan fingerprint density at radius 3 is 2.71 bits per heavy atom. The number of piperidine rings is 1. The van der Waals surface area contributed by atoms with Crippen LogP contribution in [0.25, 0.3) is 11.0 Å². The molecule has 0 spiro atoms. The molecule has 0 bridgehead atoms. The molecule has 1 atom stereocenters. The minimum Gasteiger partial charge on any atom is -0.464 e. The van der Waals surface area contributed by atoms with Crippen LogP contribution in [0.3, 0.4) is 0 Å². The number of nitrogens with one attached hydrogen (secondary N) is 1. The number of hydrogen-bond donors (Lipinski definition) is 1. The van der Waals surface area contributed by atoms with Crippen LogP contribution in [0.15, 0.2) is 33.8 Å². The van der Waals surface area contributed by atoms with Gasteiger partial charge in [0.1, 0.15) is 5.58 Å². The van der Waals surface area contributed by atoms with E-state index in [9.17, 15) is 18.0 Å². The van der Waals surface area contributed by atoms with E-state index in [0.29, 0.717) is 23.0 Å². The van der Waals surface area contributed by atoms with Gasteiger partial charge < -0.3 is 4.42 Å². The van der Waals surface area contributed by atoms with Gasteiger partial charge in [-0.2, -0.15) is 0 Å². The molecule has 8 heteroatoms. The predicted octanol–water partition coefficient (Wildman–Crippen LogP) is 1.88. The van der Waals surface area contributed by atoms with Gasteiger partial charge in [-0.3, -0.25) is 14.9 Å². The van der Waals surface area contributed by atoms with Gasteiger partial charge in [-0.05, 0) is 24.6 Å². The Labute approximate surface area is 124 Å². The minimum absolute atomic E-state index is 0.0633. The van der Waals surface area contributed by atoms with E-state index in [2.05, 4.69) is 5.32 Å². The summed E-state index contributed by atoms with van der Waals surface area (Å²) < 4.78 is 28.2. The quantitative estimate of drug-likeness (QED) is 0.671. The van der Waals surface area contributed by atoms with Crippen molar-refractivity contribution in [2.45, 2.75) is 23.7 Å². The van der Waals surface area contributed by atoms with Crippen LogP contribution in [0.4, 0.5) is 0 Å². The molecule has 0 aliphatic carbocycles. The van der Waals surface area contributed by atoms with Gasteiger partial charge in [-0.25, -0.2) is 8.42 Å². The molecule has 1 saturated heterocycles. The summed E-state index contributed by atoms with van der Waals surface area (Å²) in [7, 11) is 1.46. The van der Waals surface area contributed by atoms with Gasteiger partial charge in [0.25, 0.3) is 9.05 Å². The predicted molar refractivity (Wildman–Crippen MR) is 74.4 cm³/mol. The molecule has 1 N–H and O–H groups in total. The molecular weight excluding hydrogens is 318 g/mol. The molecule has 1 aromatic carbocycles. The number of halogens is 1. The van der Waals surface area contributed by atoms with Crippen LogP contribution in [0.1, 0.15) is 24.3 Å². The van der Waals surface area contributed by atoms with Gasteiger partial charge >= 0.3 is 0 Å². The van der Waals surface area contributed by atoms with Crippen molar-refractivity contribution in [2.75, 3.05) is 0 Å². The summed E-state index contributed by atoms with van der Waals surface area (Å²) in [6.45, 7) is 0. The molecular formula is C13H10ClNO5S. The highest BCUT2D eigenvalue weighted by molar-refractivity contribution is 8.13. The molecule has 0 saturated carbocycles. The average molecular weight is 328 g/mol. The van der Waals surface area contributed by atoms with Gasteiger partial charge in [0.05, 0.1) is 17.1 Å². The molecule has 21 heavy (non-hydrogen) atoms. The number of imide groups is 1. The van der Waals surface area contributed by atoms with E-state index >= 15 is 0 Å². The summed E-state index contributed by atoms with van der Waals surface area (Å²) >= 11 is 0. The maximum Gasteiger partial charge on any atom is 0.261 e. The van der Waals surface area contributed by atoms with E-state index in [4.69, 9.17) is 15.1 Å². The Morgan fingerprint density at radius 1 is 1.29 bits per heavy atom. The molecule has 1 aliphatic heterocycles. The molecule has 2 aromatic rings. The lowest BCUT2D eigenvalue weighted by molar-refractivity contribution is -0.134. The third kappa shape index (κ3) is 2.54. The Balaban J connectivity index is 2.11. The van der Waals surface area contributed by atoms with Crippen LogP contribution in [0.5, 0.6) is 0 Å². The van der Waals surface area contributed by atoms with Crippen molar-refractivity contribution < 1.29 is 22.4 Å². The number of benzene rings is 1. The van der Waals surface area contributed by atoms with Gasteiger partial charge in [-0.15, -0.1) is 0 Å². The fourth-order valence-electron chi connectivity index (χ4n) is 2.44. The molecule has 3 rings (SSSR count). The second-order valence-electron chi connectivity index (χ2n) is 4.79. The van der Waals surface area contributed by atoms with Gasteiger partial charge in [0, 0.05) is 28.1 Å². The van der Waals surface area contributed by atoms with Gasteiger partial charge in [0.2, 0.25) is 11.8 Å². The van der Waals surface area contributed by atoms with Crippen molar-refractivity contribution in [2.24, 2.45) is 0 Å². The molecule has 1 unspecified atom stereocenters.